The number of nitriles is 1. The van der Waals surface area contributed by atoms with Crippen molar-refractivity contribution in [2.75, 3.05) is 5.32 Å². The molecular weight excluding hydrogens is 284 g/mol. The first-order chi connectivity index (χ1) is 11.2. The predicted molar refractivity (Wildman–Crippen MR) is 92.0 cm³/mol. The Hall–Kier alpha value is -3.12. The molecule has 0 aliphatic heterocycles. The van der Waals surface area contributed by atoms with Crippen molar-refractivity contribution >= 4 is 22.4 Å². The summed E-state index contributed by atoms with van der Waals surface area (Å²) in [6, 6.07) is 23.6. The van der Waals surface area contributed by atoms with E-state index in [0.29, 0.717) is 12.8 Å². The molecular formula is C20H16N2O. The van der Waals surface area contributed by atoms with Crippen LogP contribution >= 0.6 is 0 Å². The largest absolute Gasteiger partial charge is 0.326 e. The van der Waals surface area contributed by atoms with E-state index in [4.69, 9.17) is 5.26 Å². The quantitative estimate of drug-likeness (QED) is 0.789. The number of hydrogen-bond acceptors (Lipinski definition) is 2. The third-order valence-electron chi connectivity index (χ3n) is 3.70. The highest BCUT2D eigenvalue weighted by atomic mass is 16.1. The average Bonchev–Trinajstić information content (AvgIpc) is 2.57. The van der Waals surface area contributed by atoms with Gasteiger partial charge in [-0.05, 0) is 34.0 Å². The highest BCUT2D eigenvalue weighted by molar-refractivity contribution is 5.93. The van der Waals surface area contributed by atoms with Crippen LogP contribution in [0, 0.1) is 11.3 Å². The minimum atomic E-state index is -0.0479. The summed E-state index contributed by atoms with van der Waals surface area (Å²) in [5, 5.41) is 13.8. The Labute approximate surface area is 135 Å². The van der Waals surface area contributed by atoms with Gasteiger partial charge in [-0.25, -0.2) is 0 Å². The van der Waals surface area contributed by atoms with E-state index in [9.17, 15) is 4.79 Å². The number of amides is 1. The van der Waals surface area contributed by atoms with Crippen LogP contribution in [0.3, 0.4) is 0 Å². The van der Waals surface area contributed by atoms with Crippen molar-refractivity contribution in [2.24, 2.45) is 0 Å². The van der Waals surface area contributed by atoms with Crippen molar-refractivity contribution < 1.29 is 4.79 Å². The molecule has 0 aromatic heterocycles. The maximum absolute atomic E-state index is 12.2. The number of carbonyl (C=O) groups excluding carboxylic acids is 1. The maximum atomic E-state index is 12.2. The van der Waals surface area contributed by atoms with Crippen LogP contribution in [0.2, 0.25) is 0 Å². The van der Waals surface area contributed by atoms with Crippen LogP contribution in [-0.2, 0) is 17.6 Å². The highest BCUT2D eigenvalue weighted by Crippen LogP contribution is 2.17. The first-order valence-corrected chi connectivity index (χ1v) is 7.48. The Bertz CT molecular complexity index is 876. The molecule has 112 valence electrons. The Balaban J connectivity index is 1.67. The lowest BCUT2D eigenvalue weighted by molar-refractivity contribution is -0.115. The monoisotopic (exact) mass is 300 g/mol. The molecule has 3 aromatic rings. The fraction of sp³-hybridized carbons (Fsp3) is 0.100. The summed E-state index contributed by atoms with van der Waals surface area (Å²) in [4.78, 5) is 12.2. The zero-order chi connectivity index (χ0) is 16.1. The third-order valence-corrected chi connectivity index (χ3v) is 3.70. The lowest BCUT2D eigenvalue weighted by Crippen LogP contribution is -2.14. The van der Waals surface area contributed by atoms with Gasteiger partial charge in [0.1, 0.15) is 0 Å². The highest BCUT2D eigenvalue weighted by Gasteiger charge is 2.05. The van der Waals surface area contributed by atoms with E-state index < -0.39 is 0 Å². The summed E-state index contributed by atoms with van der Waals surface area (Å²) in [6.07, 6.45) is 0.718. The fourth-order valence-electron chi connectivity index (χ4n) is 2.54. The first kappa shape index (κ1) is 14.8. The average molecular weight is 300 g/mol. The van der Waals surface area contributed by atoms with Crippen molar-refractivity contribution in [3.05, 3.63) is 77.9 Å². The second-order valence-electron chi connectivity index (χ2n) is 5.44. The van der Waals surface area contributed by atoms with E-state index in [0.717, 1.165) is 22.2 Å². The number of nitrogens with one attached hydrogen (secondary N) is 1. The summed E-state index contributed by atoms with van der Waals surface area (Å²) in [6.45, 7) is 0. The smallest absolute Gasteiger partial charge is 0.228 e. The van der Waals surface area contributed by atoms with E-state index in [2.05, 4.69) is 17.5 Å². The van der Waals surface area contributed by atoms with Gasteiger partial charge in [-0.1, -0.05) is 54.6 Å². The van der Waals surface area contributed by atoms with Crippen LogP contribution in [0.25, 0.3) is 10.8 Å². The third kappa shape index (κ3) is 3.75. The van der Waals surface area contributed by atoms with Crippen LogP contribution < -0.4 is 5.32 Å². The molecule has 0 bridgehead atoms. The minimum absolute atomic E-state index is 0.0479. The molecule has 0 aliphatic carbocycles. The fourth-order valence-corrected chi connectivity index (χ4v) is 2.54. The van der Waals surface area contributed by atoms with Crippen LogP contribution in [0.15, 0.2) is 66.7 Å². The standard InChI is InChI=1S/C20H16N2O/c21-12-11-15-6-9-19(10-7-15)22-20(23)14-16-5-8-17-3-1-2-4-18(17)13-16/h1-10,13H,11,14H2,(H,22,23). The molecule has 1 amide bonds. The van der Waals surface area contributed by atoms with Crippen LogP contribution in [0.4, 0.5) is 5.69 Å². The zero-order valence-corrected chi connectivity index (χ0v) is 12.6. The number of anilines is 1. The second kappa shape index (κ2) is 6.76. The van der Waals surface area contributed by atoms with Crippen molar-refractivity contribution in [1.82, 2.24) is 0 Å². The maximum Gasteiger partial charge on any atom is 0.228 e. The van der Waals surface area contributed by atoms with E-state index in [1.165, 1.54) is 5.39 Å². The molecule has 0 saturated heterocycles. The molecule has 23 heavy (non-hydrogen) atoms. The molecule has 1 N–H and O–H groups in total. The Morgan fingerprint density at radius 3 is 2.35 bits per heavy atom. The minimum Gasteiger partial charge on any atom is -0.326 e. The molecule has 0 unspecified atom stereocenters. The van der Waals surface area contributed by atoms with Gasteiger partial charge in [0, 0.05) is 5.69 Å². The summed E-state index contributed by atoms with van der Waals surface area (Å²) in [5.41, 5.74) is 2.68. The molecule has 3 nitrogen and oxygen atoms in total. The van der Waals surface area contributed by atoms with E-state index in [1.807, 2.05) is 60.7 Å². The summed E-state index contributed by atoms with van der Waals surface area (Å²) < 4.78 is 0. The number of fused-ring (bicyclic) bond motifs is 1. The number of hydrogen-bond donors (Lipinski definition) is 1. The van der Waals surface area contributed by atoms with Gasteiger partial charge in [0.2, 0.25) is 5.91 Å². The second-order valence-corrected chi connectivity index (χ2v) is 5.44. The number of carbonyl (C=O) groups is 1. The van der Waals surface area contributed by atoms with Crippen molar-refractivity contribution in [2.45, 2.75) is 12.8 Å². The van der Waals surface area contributed by atoms with Crippen molar-refractivity contribution in [1.29, 1.82) is 5.26 Å². The van der Waals surface area contributed by atoms with Gasteiger partial charge < -0.3 is 5.32 Å². The van der Waals surface area contributed by atoms with Gasteiger partial charge in [0.05, 0.1) is 18.9 Å². The Kier molecular flexibility index (Phi) is 4.35. The summed E-state index contributed by atoms with van der Waals surface area (Å²) >= 11 is 0. The molecule has 0 atom stereocenters. The number of nitrogens with zero attached hydrogens (tertiary/aromatic N) is 1. The SMILES string of the molecule is N#CCc1ccc(NC(=O)Cc2ccc3ccccc3c2)cc1. The lowest BCUT2D eigenvalue weighted by Gasteiger charge is -2.07. The van der Waals surface area contributed by atoms with Gasteiger partial charge in [-0.3, -0.25) is 4.79 Å². The van der Waals surface area contributed by atoms with E-state index >= 15 is 0 Å². The molecule has 0 heterocycles. The van der Waals surface area contributed by atoms with E-state index in [-0.39, 0.29) is 5.91 Å². The molecule has 0 radical (unpaired) electrons. The molecule has 0 aliphatic rings. The van der Waals surface area contributed by atoms with Gasteiger partial charge >= 0.3 is 0 Å². The Morgan fingerprint density at radius 1 is 0.913 bits per heavy atom. The van der Waals surface area contributed by atoms with Crippen LogP contribution in [0.1, 0.15) is 11.1 Å². The number of benzene rings is 3. The molecule has 3 rings (SSSR count). The first-order valence-electron chi connectivity index (χ1n) is 7.48. The molecule has 0 spiro atoms. The zero-order valence-electron chi connectivity index (χ0n) is 12.6. The Morgan fingerprint density at radius 2 is 1.61 bits per heavy atom. The molecule has 3 aromatic carbocycles. The molecule has 3 heteroatoms. The van der Waals surface area contributed by atoms with Crippen LogP contribution in [0.5, 0.6) is 0 Å². The van der Waals surface area contributed by atoms with E-state index in [1.54, 1.807) is 0 Å². The molecule has 0 saturated carbocycles. The van der Waals surface area contributed by atoms with Gasteiger partial charge in [-0.2, -0.15) is 5.26 Å². The lowest BCUT2D eigenvalue weighted by atomic mass is 10.0. The number of rotatable bonds is 4. The van der Waals surface area contributed by atoms with Crippen molar-refractivity contribution in [3.8, 4) is 6.07 Å². The molecule has 0 fully saturated rings. The van der Waals surface area contributed by atoms with Crippen LogP contribution in [-0.4, -0.2) is 5.91 Å². The van der Waals surface area contributed by atoms with Gasteiger partial charge in [-0.15, -0.1) is 0 Å². The van der Waals surface area contributed by atoms with Gasteiger partial charge in [0.25, 0.3) is 0 Å². The van der Waals surface area contributed by atoms with Gasteiger partial charge in [0.15, 0.2) is 0 Å². The predicted octanol–water partition coefficient (Wildman–Crippen LogP) is 4.09. The summed E-state index contributed by atoms with van der Waals surface area (Å²) in [7, 11) is 0. The summed E-state index contributed by atoms with van der Waals surface area (Å²) in [5.74, 6) is -0.0479. The van der Waals surface area contributed by atoms with Crippen molar-refractivity contribution in [3.63, 3.8) is 0 Å². The normalized spacial score (nSPS) is 10.2. The topological polar surface area (TPSA) is 52.9 Å².